The molecule has 3 aliphatic rings. The van der Waals surface area contributed by atoms with Crippen LogP contribution in [0.4, 0.5) is 0 Å². The summed E-state index contributed by atoms with van der Waals surface area (Å²) in [7, 11) is 0. The fourth-order valence-corrected chi connectivity index (χ4v) is 5.71. The summed E-state index contributed by atoms with van der Waals surface area (Å²) < 4.78 is 5.94. The van der Waals surface area contributed by atoms with Gasteiger partial charge in [0.25, 0.3) is 11.5 Å². The van der Waals surface area contributed by atoms with Crippen molar-refractivity contribution < 1.29 is 9.21 Å². The Labute approximate surface area is 175 Å². The molecular weight excluding hydrogens is 382 g/mol. The van der Waals surface area contributed by atoms with E-state index in [0.717, 1.165) is 25.2 Å². The predicted octanol–water partition coefficient (Wildman–Crippen LogP) is 2.03. The third-order valence-corrected chi connectivity index (χ3v) is 7.36. The van der Waals surface area contributed by atoms with E-state index in [9.17, 15) is 9.59 Å². The Kier molecular flexibility index (Phi) is 4.76. The van der Waals surface area contributed by atoms with Gasteiger partial charge in [0.15, 0.2) is 0 Å². The van der Waals surface area contributed by atoms with Crippen LogP contribution in [-0.4, -0.2) is 63.1 Å². The number of hydrogen-bond donors (Lipinski definition) is 1. The van der Waals surface area contributed by atoms with E-state index in [1.165, 1.54) is 25.7 Å². The maximum Gasteiger partial charge on any atom is 0.260 e. The zero-order valence-electron chi connectivity index (χ0n) is 17.7. The molecule has 30 heavy (non-hydrogen) atoms. The molecule has 0 spiro atoms. The SMILES string of the molecule is Cc1ccc(C(=O)N2CC[C@]3(c4nnc(C)o4)CN(C4CCCC4)C[C@@H]3C2)c(=O)[nH]1. The van der Waals surface area contributed by atoms with Crippen molar-refractivity contribution in [1.29, 1.82) is 0 Å². The van der Waals surface area contributed by atoms with Gasteiger partial charge in [0.05, 0.1) is 5.41 Å². The summed E-state index contributed by atoms with van der Waals surface area (Å²) in [6.07, 6.45) is 5.84. The summed E-state index contributed by atoms with van der Waals surface area (Å²) in [6, 6.07) is 4.03. The van der Waals surface area contributed by atoms with Crippen LogP contribution < -0.4 is 5.56 Å². The molecule has 3 fully saturated rings. The first-order chi connectivity index (χ1) is 14.5. The Morgan fingerprint density at radius 3 is 2.70 bits per heavy atom. The summed E-state index contributed by atoms with van der Waals surface area (Å²) in [5.41, 5.74) is 0.445. The first-order valence-electron chi connectivity index (χ1n) is 11.0. The molecule has 5 rings (SSSR count). The Morgan fingerprint density at radius 2 is 2.00 bits per heavy atom. The third-order valence-electron chi connectivity index (χ3n) is 7.36. The number of H-pyrrole nitrogens is 1. The number of carbonyl (C=O) groups is 1. The van der Waals surface area contributed by atoms with Gasteiger partial charge in [-0.2, -0.15) is 0 Å². The van der Waals surface area contributed by atoms with Crippen molar-refractivity contribution in [2.75, 3.05) is 26.2 Å². The molecule has 4 heterocycles. The number of piperidine rings is 1. The van der Waals surface area contributed by atoms with Crippen LogP contribution in [0.15, 0.2) is 21.3 Å². The van der Waals surface area contributed by atoms with E-state index in [-0.39, 0.29) is 28.4 Å². The monoisotopic (exact) mass is 411 g/mol. The standard InChI is InChI=1S/C22H29N5O3/c1-14-7-8-18(19(28)23-14)20(29)26-10-9-22(21-25-24-15(2)30-21)13-27(12-16(22)11-26)17-5-3-4-6-17/h7-8,16-17H,3-6,9-13H2,1-2H3,(H,23,28)/t16-,22-/m0/s1. The van der Waals surface area contributed by atoms with Gasteiger partial charge in [-0.05, 0) is 38.3 Å². The molecule has 8 nitrogen and oxygen atoms in total. The van der Waals surface area contributed by atoms with Gasteiger partial charge in [-0.15, -0.1) is 10.2 Å². The second-order valence-corrected chi connectivity index (χ2v) is 9.23. The first kappa shape index (κ1) is 19.5. The van der Waals surface area contributed by atoms with Crippen LogP contribution in [0.25, 0.3) is 0 Å². The summed E-state index contributed by atoms with van der Waals surface area (Å²) in [5.74, 6) is 1.33. The van der Waals surface area contributed by atoms with Crippen molar-refractivity contribution >= 4 is 5.91 Å². The predicted molar refractivity (Wildman–Crippen MR) is 110 cm³/mol. The largest absolute Gasteiger partial charge is 0.425 e. The number of aryl methyl sites for hydroxylation is 2. The Morgan fingerprint density at radius 1 is 1.20 bits per heavy atom. The molecule has 1 aliphatic carbocycles. The molecule has 2 aromatic rings. The molecule has 1 amide bonds. The molecule has 1 N–H and O–H groups in total. The van der Waals surface area contributed by atoms with Gasteiger partial charge in [-0.3, -0.25) is 14.5 Å². The average Bonchev–Trinajstić information content (AvgIpc) is 3.46. The number of hydrogen-bond acceptors (Lipinski definition) is 6. The lowest BCUT2D eigenvalue weighted by atomic mass is 9.72. The third kappa shape index (κ3) is 3.17. The smallest absolute Gasteiger partial charge is 0.260 e. The molecular formula is C22H29N5O3. The van der Waals surface area contributed by atoms with Gasteiger partial charge in [0.2, 0.25) is 11.8 Å². The number of nitrogens with zero attached hydrogens (tertiary/aromatic N) is 4. The molecule has 2 atom stereocenters. The number of rotatable bonds is 3. The molecule has 2 aliphatic heterocycles. The summed E-state index contributed by atoms with van der Waals surface area (Å²) in [5, 5.41) is 8.51. The molecule has 2 saturated heterocycles. The molecule has 0 bridgehead atoms. The van der Waals surface area contributed by atoms with E-state index >= 15 is 0 Å². The van der Waals surface area contributed by atoms with E-state index < -0.39 is 0 Å². The van der Waals surface area contributed by atoms with E-state index in [2.05, 4.69) is 20.1 Å². The van der Waals surface area contributed by atoms with Gasteiger partial charge in [-0.25, -0.2) is 0 Å². The van der Waals surface area contributed by atoms with Crippen LogP contribution in [0, 0.1) is 19.8 Å². The van der Waals surface area contributed by atoms with Crippen molar-refractivity contribution in [1.82, 2.24) is 25.0 Å². The zero-order valence-corrected chi connectivity index (χ0v) is 17.7. The summed E-state index contributed by atoms with van der Waals surface area (Å²) in [4.78, 5) is 32.6. The van der Waals surface area contributed by atoms with Crippen molar-refractivity contribution in [3.05, 3.63) is 45.5 Å². The molecule has 2 aromatic heterocycles. The molecule has 0 aromatic carbocycles. The van der Waals surface area contributed by atoms with E-state index in [1.54, 1.807) is 12.1 Å². The fourth-order valence-electron chi connectivity index (χ4n) is 5.71. The van der Waals surface area contributed by atoms with Crippen molar-refractivity contribution in [2.24, 2.45) is 5.92 Å². The number of carbonyl (C=O) groups excluding carboxylic acids is 1. The van der Waals surface area contributed by atoms with Crippen molar-refractivity contribution in [2.45, 2.75) is 57.4 Å². The fraction of sp³-hybridized carbons (Fsp3) is 0.636. The summed E-state index contributed by atoms with van der Waals surface area (Å²) >= 11 is 0. The van der Waals surface area contributed by atoms with Gasteiger partial charge in [0, 0.05) is 50.8 Å². The zero-order chi connectivity index (χ0) is 20.9. The molecule has 8 heteroatoms. The second-order valence-electron chi connectivity index (χ2n) is 9.23. The van der Waals surface area contributed by atoms with Crippen LogP contribution >= 0.6 is 0 Å². The van der Waals surface area contributed by atoms with Gasteiger partial charge < -0.3 is 14.3 Å². The first-order valence-corrected chi connectivity index (χ1v) is 11.0. The number of aromatic nitrogens is 3. The highest BCUT2D eigenvalue weighted by Crippen LogP contribution is 2.46. The Hall–Kier alpha value is -2.48. The molecule has 1 saturated carbocycles. The van der Waals surface area contributed by atoms with Crippen molar-refractivity contribution in [3.8, 4) is 0 Å². The van der Waals surface area contributed by atoms with Crippen LogP contribution in [0.3, 0.4) is 0 Å². The maximum atomic E-state index is 13.1. The number of likely N-dealkylation sites (tertiary alicyclic amines) is 2. The van der Waals surface area contributed by atoms with Gasteiger partial charge in [-0.1, -0.05) is 12.8 Å². The minimum Gasteiger partial charge on any atom is -0.425 e. The minimum atomic E-state index is -0.316. The number of aromatic amines is 1. The van der Waals surface area contributed by atoms with E-state index in [4.69, 9.17) is 4.42 Å². The minimum absolute atomic E-state index is 0.189. The van der Waals surface area contributed by atoms with E-state index in [0.29, 0.717) is 30.9 Å². The lowest BCUT2D eigenvalue weighted by molar-refractivity contribution is 0.0566. The topological polar surface area (TPSA) is 95.3 Å². The molecule has 0 radical (unpaired) electrons. The van der Waals surface area contributed by atoms with Gasteiger partial charge in [0.1, 0.15) is 5.56 Å². The van der Waals surface area contributed by atoms with Crippen LogP contribution in [0.5, 0.6) is 0 Å². The van der Waals surface area contributed by atoms with Crippen LogP contribution in [0.2, 0.25) is 0 Å². The summed E-state index contributed by atoms with van der Waals surface area (Å²) in [6.45, 7) is 6.68. The number of fused-ring (bicyclic) bond motifs is 1. The van der Waals surface area contributed by atoms with Gasteiger partial charge >= 0.3 is 0 Å². The molecule has 160 valence electrons. The number of pyridine rings is 1. The molecule has 0 unspecified atom stereocenters. The van der Waals surface area contributed by atoms with Crippen molar-refractivity contribution in [3.63, 3.8) is 0 Å². The van der Waals surface area contributed by atoms with Crippen LogP contribution in [-0.2, 0) is 5.41 Å². The Bertz CT molecular complexity index is 1010. The van der Waals surface area contributed by atoms with E-state index in [1.807, 2.05) is 18.7 Å². The highest BCUT2D eigenvalue weighted by molar-refractivity contribution is 5.94. The normalized spacial score (nSPS) is 27.5. The maximum absolute atomic E-state index is 13.1. The Balaban J connectivity index is 1.43. The average molecular weight is 412 g/mol. The quantitative estimate of drug-likeness (QED) is 0.830. The lowest BCUT2D eigenvalue weighted by Gasteiger charge is -2.41. The lowest BCUT2D eigenvalue weighted by Crippen LogP contribution is -2.52. The highest BCUT2D eigenvalue weighted by atomic mass is 16.4. The number of amides is 1. The van der Waals surface area contributed by atoms with Crippen LogP contribution in [0.1, 0.15) is 59.9 Å². The second kappa shape index (κ2) is 7.34. The highest BCUT2D eigenvalue weighted by Gasteiger charge is 2.55. The number of nitrogens with one attached hydrogen (secondary N) is 1.